The van der Waals surface area contributed by atoms with Gasteiger partial charge in [0.15, 0.2) is 0 Å². The number of hydrogen-bond acceptors (Lipinski definition) is 3. The van der Waals surface area contributed by atoms with E-state index in [9.17, 15) is 4.79 Å². The van der Waals surface area contributed by atoms with Gasteiger partial charge in [0.25, 0.3) is 5.56 Å². The largest absolute Gasteiger partial charge is 0.376 e. The Bertz CT molecular complexity index is 731. The minimum absolute atomic E-state index is 0.0328. The summed E-state index contributed by atoms with van der Waals surface area (Å²) in [4.78, 5) is 12.3. The van der Waals surface area contributed by atoms with Crippen molar-refractivity contribution in [1.82, 2.24) is 9.78 Å². The van der Waals surface area contributed by atoms with Crippen molar-refractivity contribution in [3.8, 4) is 0 Å². The van der Waals surface area contributed by atoms with Crippen LogP contribution >= 0.6 is 11.6 Å². The van der Waals surface area contributed by atoms with E-state index in [1.165, 1.54) is 15.8 Å². The van der Waals surface area contributed by atoms with Gasteiger partial charge in [-0.05, 0) is 45.7 Å². The van der Waals surface area contributed by atoms with Gasteiger partial charge in [-0.3, -0.25) is 4.79 Å². The quantitative estimate of drug-likeness (QED) is 0.925. The van der Waals surface area contributed by atoms with Crippen LogP contribution in [0.4, 0.5) is 5.69 Å². The average molecular weight is 320 g/mol. The molecule has 0 bridgehead atoms. The maximum atomic E-state index is 12.3. The molecular weight excluding hydrogens is 298 g/mol. The van der Waals surface area contributed by atoms with Crippen LogP contribution in [0, 0.1) is 6.92 Å². The number of nitrogens with one attached hydrogen (secondary N) is 1. The molecule has 1 aromatic carbocycles. The Morgan fingerprint density at radius 2 is 1.91 bits per heavy atom. The van der Waals surface area contributed by atoms with E-state index in [2.05, 4.69) is 29.5 Å². The van der Waals surface area contributed by atoms with Crippen molar-refractivity contribution < 1.29 is 0 Å². The minimum atomic E-state index is -0.402. The molecule has 0 saturated carbocycles. The van der Waals surface area contributed by atoms with Gasteiger partial charge in [-0.15, -0.1) is 0 Å². The molecule has 5 heteroatoms. The van der Waals surface area contributed by atoms with E-state index in [1.54, 1.807) is 6.20 Å². The van der Waals surface area contributed by atoms with Gasteiger partial charge in [-0.2, -0.15) is 5.10 Å². The van der Waals surface area contributed by atoms with E-state index < -0.39 is 5.54 Å². The molecule has 0 fully saturated rings. The molecule has 1 N–H and O–H groups in total. The molecule has 0 aliphatic heterocycles. The molecule has 0 aliphatic carbocycles. The van der Waals surface area contributed by atoms with Crippen LogP contribution in [0.25, 0.3) is 0 Å². The number of benzene rings is 1. The predicted octanol–water partition coefficient (Wildman–Crippen LogP) is 4.13. The normalized spacial score (nSPS) is 13.0. The fourth-order valence-electron chi connectivity index (χ4n) is 2.39. The number of halogens is 1. The first-order valence-corrected chi connectivity index (χ1v) is 7.70. The summed E-state index contributed by atoms with van der Waals surface area (Å²) in [6.07, 6.45) is 1.61. The predicted molar refractivity (Wildman–Crippen MR) is 91.7 cm³/mol. The van der Waals surface area contributed by atoms with Gasteiger partial charge in [0.05, 0.1) is 17.4 Å². The van der Waals surface area contributed by atoms with E-state index in [0.29, 0.717) is 5.69 Å². The number of anilines is 1. The van der Waals surface area contributed by atoms with Crippen molar-refractivity contribution >= 4 is 17.3 Å². The first kappa shape index (κ1) is 16.6. The molecule has 2 rings (SSSR count). The summed E-state index contributed by atoms with van der Waals surface area (Å²) < 4.78 is 1.40. The Balaban J connectivity index is 2.34. The molecule has 0 saturated heterocycles. The monoisotopic (exact) mass is 319 g/mol. The van der Waals surface area contributed by atoms with Crippen molar-refractivity contribution in [2.45, 2.75) is 46.2 Å². The lowest BCUT2D eigenvalue weighted by atomic mass is 10.0. The molecule has 118 valence electrons. The lowest BCUT2D eigenvalue weighted by molar-refractivity contribution is 0.338. The van der Waals surface area contributed by atoms with E-state index in [1.807, 2.05) is 39.8 Å². The van der Waals surface area contributed by atoms with Crippen LogP contribution in [0.1, 0.15) is 44.9 Å². The molecule has 0 aliphatic rings. The summed E-state index contributed by atoms with van der Waals surface area (Å²) in [7, 11) is 0. The van der Waals surface area contributed by atoms with Gasteiger partial charge in [0.2, 0.25) is 0 Å². The van der Waals surface area contributed by atoms with Crippen molar-refractivity contribution in [3.05, 3.63) is 57.0 Å². The van der Waals surface area contributed by atoms with Crippen LogP contribution in [0.3, 0.4) is 0 Å². The summed E-state index contributed by atoms with van der Waals surface area (Å²) in [6, 6.07) is 8.16. The van der Waals surface area contributed by atoms with Crippen molar-refractivity contribution in [3.63, 3.8) is 0 Å². The van der Waals surface area contributed by atoms with Gasteiger partial charge in [0.1, 0.15) is 5.02 Å². The number of aryl methyl sites for hydroxylation is 1. The molecule has 0 amide bonds. The molecular formula is C17H22ClN3O. The van der Waals surface area contributed by atoms with Crippen molar-refractivity contribution in [2.24, 2.45) is 0 Å². The third kappa shape index (κ3) is 3.33. The lowest BCUT2D eigenvalue weighted by Crippen LogP contribution is -2.36. The van der Waals surface area contributed by atoms with Crippen LogP contribution in [-0.2, 0) is 5.54 Å². The molecule has 0 radical (unpaired) electrons. The molecule has 0 spiro atoms. The van der Waals surface area contributed by atoms with Gasteiger partial charge in [-0.1, -0.05) is 35.9 Å². The van der Waals surface area contributed by atoms with Gasteiger partial charge in [-0.25, -0.2) is 4.68 Å². The summed E-state index contributed by atoms with van der Waals surface area (Å²) in [5.74, 6) is 0. The zero-order valence-electron chi connectivity index (χ0n) is 13.6. The molecule has 1 heterocycles. The Morgan fingerprint density at radius 1 is 1.27 bits per heavy atom. The summed E-state index contributed by atoms with van der Waals surface area (Å²) in [5, 5.41) is 7.69. The van der Waals surface area contributed by atoms with Crippen molar-refractivity contribution in [1.29, 1.82) is 0 Å². The highest BCUT2D eigenvalue weighted by Gasteiger charge is 2.20. The highest BCUT2D eigenvalue weighted by molar-refractivity contribution is 6.32. The molecule has 1 unspecified atom stereocenters. The maximum absolute atomic E-state index is 12.3. The SMILES string of the molecule is Cc1ccccc1C(C)Nc1cnn(C(C)(C)C)c(=O)c1Cl. The molecule has 2 aromatic rings. The number of aromatic nitrogens is 2. The van der Waals surface area contributed by atoms with Gasteiger partial charge in [0, 0.05) is 6.04 Å². The summed E-state index contributed by atoms with van der Waals surface area (Å²) >= 11 is 6.24. The Hall–Kier alpha value is -1.81. The van der Waals surface area contributed by atoms with Gasteiger partial charge < -0.3 is 5.32 Å². The fourth-order valence-corrected chi connectivity index (χ4v) is 2.58. The van der Waals surface area contributed by atoms with E-state index in [4.69, 9.17) is 11.6 Å². The number of hydrogen-bond donors (Lipinski definition) is 1. The second-order valence-corrected chi connectivity index (χ2v) is 6.86. The summed E-state index contributed by atoms with van der Waals surface area (Å²) in [5.41, 5.74) is 2.23. The van der Waals surface area contributed by atoms with E-state index in [-0.39, 0.29) is 16.6 Å². The topological polar surface area (TPSA) is 46.9 Å². The average Bonchev–Trinajstić information content (AvgIpc) is 2.43. The lowest BCUT2D eigenvalue weighted by Gasteiger charge is -2.23. The van der Waals surface area contributed by atoms with Gasteiger partial charge >= 0.3 is 0 Å². The van der Waals surface area contributed by atoms with Crippen LogP contribution in [0.15, 0.2) is 35.3 Å². The third-order valence-corrected chi connectivity index (χ3v) is 3.95. The van der Waals surface area contributed by atoms with Crippen molar-refractivity contribution in [2.75, 3.05) is 5.32 Å². The first-order valence-electron chi connectivity index (χ1n) is 7.32. The zero-order chi connectivity index (χ0) is 16.5. The minimum Gasteiger partial charge on any atom is -0.376 e. The molecule has 1 aromatic heterocycles. The Kier molecular flexibility index (Phi) is 4.61. The number of nitrogens with zero attached hydrogens (tertiary/aromatic N) is 2. The third-order valence-electron chi connectivity index (χ3n) is 3.58. The van der Waals surface area contributed by atoms with Crippen LogP contribution in [0.5, 0.6) is 0 Å². The van der Waals surface area contributed by atoms with E-state index >= 15 is 0 Å². The van der Waals surface area contributed by atoms with Crippen LogP contribution < -0.4 is 10.9 Å². The van der Waals surface area contributed by atoms with Crippen LogP contribution in [0.2, 0.25) is 5.02 Å². The number of rotatable bonds is 3. The second kappa shape index (κ2) is 6.13. The standard InChI is InChI=1S/C17H22ClN3O/c1-11-8-6-7-9-13(11)12(2)20-14-10-19-21(17(3,4)5)16(22)15(14)18/h6-10,12,20H,1-5H3. The fraction of sp³-hybridized carbons (Fsp3) is 0.412. The van der Waals surface area contributed by atoms with Crippen LogP contribution in [-0.4, -0.2) is 9.78 Å². The highest BCUT2D eigenvalue weighted by Crippen LogP contribution is 2.25. The molecule has 4 nitrogen and oxygen atoms in total. The van der Waals surface area contributed by atoms with E-state index in [0.717, 1.165) is 0 Å². The molecule has 22 heavy (non-hydrogen) atoms. The summed E-state index contributed by atoms with van der Waals surface area (Å²) in [6.45, 7) is 9.85. The maximum Gasteiger partial charge on any atom is 0.288 e. The zero-order valence-corrected chi connectivity index (χ0v) is 14.4. The Labute approximate surface area is 136 Å². The highest BCUT2D eigenvalue weighted by atomic mass is 35.5. The smallest absolute Gasteiger partial charge is 0.288 e. The Morgan fingerprint density at radius 3 is 2.50 bits per heavy atom. The second-order valence-electron chi connectivity index (χ2n) is 6.48. The first-order chi connectivity index (χ1) is 10.2. The molecule has 1 atom stereocenters.